The molecule has 27 heavy (non-hydrogen) atoms. The largest absolute Gasteiger partial charge is 0.399 e. The van der Waals surface area contributed by atoms with Crippen molar-refractivity contribution >= 4 is 17.5 Å². The number of anilines is 1. The second-order valence-electron chi connectivity index (χ2n) is 7.57. The summed E-state index contributed by atoms with van der Waals surface area (Å²) in [6.07, 6.45) is 3.25. The van der Waals surface area contributed by atoms with Crippen LogP contribution in [0.1, 0.15) is 42.0 Å². The lowest BCUT2D eigenvalue weighted by atomic mass is 9.87. The molecular formula is C22H25N3O2. The fraction of sp³-hybridized carbons (Fsp3) is 0.364. The number of hydrogen-bond donors (Lipinski definition) is 2. The second kappa shape index (κ2) is 7.43. The van der Waals surface area contributed by atoms with E-state index in [1.807, 2.05) is 48.5 Å². The molecule has 2 amide bonds. The fourth-order valence-electron chi connectivity index (χ4n) is 4.18. The molecule has 5 heteroatoms. The van der Waals surface area contributed by atoms with Gasteiger partial charge in [-0.2, -0.15) is 0 Å². The molecule has 1 heterocycles. The van der Waals surface area contributed by atoms with Crippen molar-refractivity contribution in [3.05, 3.63) is 65.2 Å². The van der Waals surface area contributed by atoms with Gasteiger partial charge >= 0.3 is 0 Å². The molecule has 1 fully saturated rings. The zero-order valence-electron chi connectivity index (χ0n) is 15.4. The molecule has 1 saturated heterocycles. The Bertz CT molecular complexity index is 850. The standard InChI is InChI=1S/C22H25N3O2/c23-18-9-10-19-16(11-18)7-4-8-20(19)24-22(27)17-12-21(26)25(14-17)13-15-5-2-1-3-6-15/h1-3,5-6,9-11,17,20H,4,7-8,12-14,23H2,(H,24,27). The van der Waals surface area contributed by atoms with Crippen LogP contribution in [-0.2, 0) is 22.6 Å². The highest BCUT2D eigenvalue weighted by Gasteiger charge is 2.35. The van der Waals surface area contributed by atoms with Gasteiger partial charge < -0.3 is 16.0 Å². The summed E-state index contributed by atoms with van der Waals surface area (Å²) in [6.45, 7) is 1.05. The number of likely N-dealkylation sites (tertiary alicyclic amines) is 1. The number of fused-ring (bicyclic) bond motifs is 1. The summed E-state index contributed by atoms with van der Waals surface area (Å²) < 4.78 is 0. The van der Waals surface area contributed by atoms with Crippen LogP contribution in [-0.4, -0.2) is 23.3 Å². The van der Waals surface area contributed by atoms with Crippen molar-refractivity contribution in [2.45, 2.75) is 38.3 Å². The van der Waals surface area contributed by atoms with Crippen LogP contribution in [0.3, 0.4) is 0 Å². The quantitative estimate of drug-likeness (QED) is 0.820. The van der Waals surface area contributed by atoms with Gasteiger partial charge in [0, 0.05) is 25.2 Å². The minimum atomic E-state index is -0.277. The molecule has 140 valence electrons. The van der Waals surface area contributed by atoms with Gasteiger partial charge in [0.1, 0.15) is 0 Å². The van der Waals surface area contributed by atoms with Crippen molar-refractivity contribution in [2.75, 3.05) is 12.3 Å². The van der Waals surface area contributed by atoms with Crippen molar-refractivity contribution in [1.82, 2.24) is 10.2 Å². The van der Waals surface area contributed by atoms with E-state index in [4.69, 9.17) is 5.73 Å². The van der Waals surface area contributed by atoms with Gasteiger partial charge in [-0.25, -0.2) is 0 Å². The molecule has 0 radical (unpaired) electrons. The van der Waals surface area contributed by atoms with E-state index in [9.17, 15) is 9.59 Å². The Kier molecular flexibility index (Phi) is 4.84. The zero-order valence-corrected chi connectivity index (χ0v) is 15.4. The molecular weight excluding hydrogens is 338 g/mol. The highest BCUT2D eigenvalue weighted by Crippen LogP contribution is 2.32. The summed E-state index contributed by atoms with van der Waals surface area (Å²) in [5.41, 5.74) is 10.1. The topological polar surface area (TPSA) is 75.4 Å². The molecule has 0 spiro atoms. The Labute approximate surface area is 159 Å². The number of nitrogens with two attached hydrogens (primary N) is 1. The van der Waals surface area contributed by atoms with Crippen molar-refractivity contribution in [3.63, 3.8) is 0 Å². The van der Waals surface area contributed by atoms with E-state index in [1.54, 1.807) is 4.90 Å². The number of aryl methyl sites for hydroxylation is 1. The Morgan fingerprint density at radius 1 is 1.19 bits per heavy atom. The third kappa shape index (κ3) is 3.82. The van der Waals surface area contributed by atoms with Gasteiger partial charge in [0.25, 0.3) is 0 Å². The summed E-state index contributed by atoms with van der Waals surface area (Å²) in [5.74, 6) is -0.246. The Morgan fingerprint density at radius 3 is 2.81 bits per heavy atom. The normalized spacial score (nSPS) is 21.8. The predicted octanol–water partition coefficient (Wildman–Crippen LogP) is 2.81. The van der Waals surface area contributed by atoms with E-state index in [0.717, 1.165) is 36.1 Å². The van der Waals surface area contributed by atoms with Crippen molar-refractivity contribution in [1.29, 1.82) is 0 Å². The van der Waals surface area contributed by atoms with Gasteiger partial charge in [0.05, 0.1) is 12.0 Å². The average Bonchev–Trinajstić information content (AvgIpc) is 3.03. The summed E-state index contributed by atoms with van der Waals surface area (Å²) in [4.78, 5) is 27.0. The first kappa shape index (κ1) is 17.6. The van der Waals surface area contributed by atoms with Crippen molar-refractivity contribution in [2.24, 2.45) is 5.92 Å². The van der Waals surface area contributed by atoms with Gasteiger partial charge in [-0.05, 0) is 48.1 Å². The zero-order chi connectivity index (χ0) is 18.8. The first-order valence-electron chi connectivity index (χ1n) is 9.60. The molecule has 2 aromatic carbocycles. The van der Waals surface area contributed by atoms with E-state index >= 15 is 0 Å². The molecule has 2 aliphatic rings. The van der Waals surface area contributed by atoms with Crippen LogP contribution in [0.15, 0.2) is 48.5 Å². The van der Waals surface area contributed by atoms with Gasteiger partial charge in [-0.3, -0.25) is 9.59 Å². The van der Waals surface area contributed by atoms with E-state index in [-0.39, 0.29) is 23.8 Å². The van der Waals surface area contributed by atoms with Gasteiger partial charge in [0.2, 0.25) is 11.8 Å². The smallest absolute Gasteiger partial charge is 0.225 e. The summed E-state index contributed by atoms with van der Waals surface area (Å²) in [7, 11) is 0. The molecule has 0 saturated carbocycles. The Balaban J connectivity index is 1.40. The molecule has 3 N–H and O–H groups in total. The number of nitrogen functional groups attached to an aromatic ring is 1. The maximum absolute atomic E-state index is 12.8. The maximum atomic E-state index is 12.8. The first-order valence-corrected chi connectivity index (χ1v) is 9.60. The van der Waals surface area contributed by atoms with E-state index < -0.39 is 0 Å². The first-order chi connectivity index (χ1) is 13.1. The van der Waals surface area contributed by atoms with E-state index in [1.165, 1.54) is 5.56 Å². The highest BCUT2D eigenvalue weighted by molar-refractivity contribution is 5.89. The van der Waals surface area contributed by atoms with E-state index in [2.05, 4.69) is 5.32 Å². The molecule has 2 aromatic rings. The molecule has 1 aliphatic carbocycles. The van der Waals surface area contributed by atoms with Crippen LogP contribution in [0, 0.1) is 5.92 Å². The third-order valence-electron chi connectivity index (χ3n) is 5.60. The number of rotatable bonds is 4. The number of nitrogens with zero attached hydrogens (tertiary/aromatic N) is 1. The number of benzene rings is 2. The minimum absolute atomic E-state index is 0.0140. The third-order valence-corrected chi connectivity index (χ3v) is 5.60. The second-order valence-corrected chi connectivity index (χ2v) is 7.57. The molecule has 2 atom stereocenters. The predicted molar refractivity (Wildman–Crippen MR) is 105 cm³/mol. The average molecular weight is 363 g/mol. The fourth-order valence-corrected chi connectivity index (χ4v) is 4.18. The number of nitrogens with one attached hydrogen (secondary N) is 1. The van der Waals surface area contributed by atoms with Gasteiger partial charge in [-0.1, -0.05) is 36.4 Å². The molecule has 0 aromatic heterocycles. The number of carbonyl (C=O) groups is 2. The minimum Gasteiger partial charge on any atom is -0.399 e. The number of amides is 2. The SMILES string of the molecule is Nc1ccc2c(c1)CCCC2NC(=O)C1CC(=O)N(Cc2ccccc2)C1. The van der Waals surface area contributed by atoms with Crippen molar-refractivity contribution in [3.8, 4) is 0 Å². The highest BCUT2D eigenvalue weighted by atomic mass is 16.2. The molecule has 1 aliphatic heterocycles. The number of hydrogen-bond acceptors (Lipinski definition) is 3. The monoisotopic (exact) mass is 363 g/mol. The lowest BCUT2D eigenvalue weighted by molar-refractivity contribution is -0.129. The van der Waals surface area contributed by atoms with Crippen LogP contribution < -0.4 is 11.1 Å². The summed E-state index contributed by atoms with van der Waals surface area (Å²) in [6, 6.07) is 15.8. The van der Waals surface area contributed by atoms with Crippen LogP contribution in [0.4, 0.5) is 5.69 Å². The molecule has 0 bridgehead atoms. The van der Waals surface area contributed by atoms with Crippen LogP contribution >= 0.6 is 0 Å². The molecule has 5 nitrogen and oxygen atoms in total. The Morgan fingerprint density at radius 2 is 2.00 bits per heavy atom. The van der Waals surface area contributed by atoms with Gasteiger partial charge in [0.15, 0.2) is 0 Å². The maximum Gasteiger partial charge on any atom is 0.225 e. The number of carbonyl (C=O) groups excluding carboxylic acids is 2. The van der Waals surface area contributed by atoms with Gasteiger partial charge in [-0.15, -0.1) is 0 Å². The molecule has 4 rings (SSSR count). The molecule has 2 unspecified atom stereocenters. The lowest BCUT2D eigenvalue weighted by Gasteiger charge is -2.27. The van der Waals surface area contributed by atoms with Crippen LogP contribution in [0.25, 0.3) is 0 Å². The van der Waals surface area contributed by atoms with Crippen molar-refractivity contribution < 1.29 is 9.59 Å². The Hall–Kier alpha value is -2.82. The van der Waals surface area contributed by atoms with Crippen LogP contribution in [0.2, 0.25) is 0 Å². The summed E-state index contributed by atoms with van der Waals surface area (Å²) in [5, 5.41) is 3.18. The van der Waals surface area contributed by atoms with Crippen LogP contribution in [0.5, 0.6) is 0 Å². The lowest BCUT2D eigenvalue weighted by Crippen LogP contribution is -2.36. The summed E-state index contributed by atoms with van der Waals surface area (Å²) >= 11 is 0. The van der Waals surface area contributed by atoms with E-state index in [0.29, 0.717) is 19.5 Å².